The minimum Gasteiger partial charge on any atom is -0.382 e. The first-order valence-corrected chi connectivity index (χ1v) is 7.25. The Kier molecular flexibility index (Phi) is 6.89. The van der Waals surface area contributed by atoms with Gasteiger partial charge in [0, 0.05) is 25.9 Å². The molecule has 0 fully saturated rings. The van der Waals surface area contributed by atoms with Crippen LogP contribution in [0.1, 0.15) is 33.1 Å². The molecule has 0 heterocycles. The van der Waals surface area contributed by atoms with Gasteiger partial charge in [0.1, 0.15) is 0 Å². The van der Waals surface area contributed by atoms with Crippen molar-refractivity contribution in [1.82, 2.24) is 0 Å². The molecule has 0 amide bonds. The van der Waals surface area contributed by atoms with E-state index >= 15 is 0 Å². The summed E-state index contributed by atoms with van der Waals surface area (Å²) in [6.07, 6.45) is 3.33. The van der Waals surface area contributed by atoms with Crippen LogP contribution in [0.2, 0.25) is 0 Å². The second-order valence-corrected chi connectivity index (χ2v) is 5.06. The molecule has 19 heavy (non-hydrogen) atoms. The number of nitrogens with two attached hydrogens (primary N) is 1. The number of methoxy groups -OCH3 is 1. The second-order valence-electron chi connectivity index (χ2n) is 5.06. The molecule has 0 saturated carbocycles. The zero-order valence-electron chi connectivity index (χ0n) is 12.6. The van der Waals surface area contributed by atoms with Gasteiger partial charge in [0.05, 0.1) is 12.1 Å². The van der Waals surface area contributed by atoms with Gasteiger partial charge in [-0.05, 0) is 25.0 Å². The van der Waals surface area contributed by atoms with Gasteiger partial charge in [-0.15, -0.1) is 0 Å². The molecule has 1 aromatic carbocycles. The van der Waals surface area contributed by atoms with Crippen LogP contribution >= 0.6 is 0 Å². The highest BCUT2D eigenvalue weighted by molar-refractivity contribution is 5.49. The summed E-state index contributed by atoms with van der Waals surface area (Å²) < 4.78 is 5.45. The van der Waals surface area contributed by atoms with Gasteiger partial charge < -0.3 is 15.4 Å². The first-order chi connectivity index (χ1) is 9.24. The third kappa shape index (κ3) is 3.95. The molecule has 3 nitrogen and oxygen atoms in total. The van der Waals surface area contributed by atoms with Gasteiger partial charge in [0.2, 0.25) is 0 Å². The van der Waals surface area contributed by atoms with Crippen molar-refractivity contribution in [3.8, 4) is 0 Å². The zero-order chi connectivity index (χ0) is 14.1. The Hall–Kier alpha value is -1.06. The predicted molar refractivity (Wildman–Crippen MR) is 82.6 cm³/mol. The normalized spacial score (nSPS) is 14.1. The standard InChI is InChI=1S/C16H28N2O/c1-4-6-12-18(15-10-8-7-9-11-15)16(5-2,13-17)14-19-3/h7-11H,4-6,12-14,17H2,1-3H3. The van der Waals surface area contributed by atoms with Gasteiger partial charge in [-0.25, -0.2) is 0 Å². The highest BCUT2D eigenvalue weighted by atomic mass is 16.5. The summed E-state index contributed by atoms with van der Waals surface area (Å²) in [7, 11) is 1.75. The van der Waals surface area contributed by atoms with E-state index in [1.807, 2.05) is 6.07 Å². The number of para-hydroxylation sites is 1. The summed E-state index contributed by atoms with van der Waals surface area (Å²) >= 11 is 0. The fourth-order valence-electron chi connectivity index (χ4n) is 2.52. The molecule has 108 valence electrons. The van der Waals surface area contributed by atoms with Crippen molar-refractivity contribution in [1.29, 1.82) is 0 Å². The molecule has 0 radical (unpaired) electrons. The average Bonchev–Trinajstić information content (AvgIpc) is 2.47. The summed E-state index contributed by atoms with van der Waals surface area (Å²) in [5, 5.41) is 0. The first-order valence-electron chi connectivity index (χ1n) is 7.25. The summed E-state index contributed by atoms with van der Waals surface area (Å²) in [6, 6.07) is 10.5. The molecule has 2 N–H and O–H groups in total. The highest BCUT2D eigenvalue weighted by Gasteiger charge is 2.33. The Bertz CT molecular complexity index is 336. The van der Waals surface area contributed by atoms with Gasteiger partial charge in [-0.1, -0.05) is 38.5 Å². The number of nitrogens with zero attached hydrogens (tertiary/aromatic N) is 1. The maximum absolute atomic E-state index is 6.09. The minimum atomic E-state index is -0.106. The van der Waals surface area contributed by atoms with Crippen LogP contribution < -0.4 is 10.6 Å². The number of hydrogen-bond donors (Lipinski definition) is 1. The lowest BCUT2D eigenvalue weighted by Crippen LogP contribution is -2.57. The smallest absolute Gasteiger partial charge is 0.0753 e. The van der Waals surface area contributed by atoms with Crippen molar-refractivity contribution in [3.05, 3.63) is 30.3 Å². The van der Waals surface area contributed by atoms with Crippen LogP contribution in [0.15, 0.2) is 30.3 Å². The lowest BCUT2D eigenvalue weighted by Gasteiger charge is -2.44. The Morgan fingerprint density at radius 1 is 1.21 bits per heavy atom. The first kappa shape index (κ1) is 16.0. The summed E-state index contributed by atoms with van der Waals surface area (Å²) in [4.78, 5) is 2.43. The number of anilines is 1. The largest absolute Gasteiger partial charge is 0.382 e. The van der Waals surface area contributed by atoms with E-state index in [0.717, 1.165) is 13.0 Å². The van der Waals surface area contributed by atoms with E-state index in [1.165, 1.54) is 18.5 Å². The fourth-order valence-corrected chi connectivity index (χ4v) is 2.52. The van der Waals surface area contributed by atoms with E-state index in [2.05, 4.69) is 43.0 Å². The van der Waals surface area contributed by atoms with Crippen LogP contribution in [0.25, 0.3) is 0 Å². The predicted octanol–water partition coefficient (Wildman–Crippen LogP) is 3.05. The van der Waals surface area contributed by atoms with Gasteiger partial charge in [-0.3, -0.25) is 0 Å². The van der Waals surface area contributed by atoms with Gasteiger partial charge >= 0.3 is 0 Å². The van der Waals surface area contributed by atoms with Crippen molar-refractivity contribution >= 4 is 5.69 Å². The zero-order valence-corrected chi connectivity index (χ0v) is 12.6. The van der Waals surface area contributed by atoms with Crippen LogP contribution in [-0.4, -0.2) is 32.3 Å². The molecule has 1 rings (SSSR count). The van der Waals surface area contributed by atoms with E-state index in [4.69, 9.17) is 10.5 Å². The summed E-state index contributed by atoms with van der Waals surface area (Å²) in [5.74, 6) is 0. The van der Waals surface area contributed by atoms with Gasteiger partial charge in [-0.2, -0.15) is 0 Å². The Morgan fingerprint density at radius 2 is 1.89 bits per heavy atom. The monoisotopic (exact) mass is 264 g/mol. The molecular weight excluding hydrogens is 236 g/mol. The molecule has 0 aliphatic heterocycles. The Morgan fingerprint density at radius 3 is 2.37 bits per heavy atom. The van der Waals surface area contributed by atoms with E-state index in [9.17, 15) is 0 Å². The molecule has 1 unspecified atom stereocenters. The fraction of sp³-hybridized carbons (Fsp3) is 0.625. The Balaban J connectivity index is 3.05. The molecule has 0 bridgehead atoms. The third-order valence-corrected chi connectivity index (χ3v) is 3.83. The van der Waals surface area contributed by atoms with Crippen LogP contribution in [0.3, 0.4) is 0 Å². The van der Waals surface area contributed by atoms with Crippen molar-refractivity contribution in [2.75, 3.05) is 31.7 Å². The molecule has 0 aliphatic carbocycles. The number of ether oxygens (including phenoxy) is 1. The summed E-state index contributed by atoms with van der Waals surface area (Å²) in [5.41, 5.74) is 7.22. The van der Waals surface area contributed by atoms with E-state index < -0.39 is 0 Å². The molecule has 0 aromatic heterocycles. The van der Waals surface area contributed by atoms with E-state index in [-0.39, 0.29) is 5.54 Å². The number of rotatable bonds is 9. The van der Waals surface area contributed by atoms with Crippen LogP contribution in [-0.2, 0) is 4.74 Å². The maximum atomic E-state index is 6.09. The van der Waals surface area contributed by atoms with E-state index in [0.29, 0.717) is 13.2 Å². The van der Waals surface area contributed by atoms with Crippen LogP contribution in [0, 0.1) is 0 Å². The molecule has 0 spiro atoms. The van der Waals surface area contributed by atoms with Crippen LogP contribution in [0.4, 0.5) is 5.69 Å². The summed E-state index contributed by atoms with van der Waals surface area (Å²) in [6.45, 7) is 6.70. The van der Waals surface area contributed by atoms with Gasteiger partial charge in [0.15, 0.2) is 0 Å². The van der Waals surface area contributed by atoms with E-state index in [1.54, 1.807) is 7.11 Å². The molecule has 0 saturated heterocycles. The topological polar surface area (TPSA) is 38.5 Å². The number of benzene rings is 1. The molecule has 1 aromatic rings. The molecular formula is C16H28N2O. The minimum absolute atomic E-state index is 0.106. The van der Waals surface area contributed by atoms with Gasteiger partial charge in [0.25, 0.3) is 0 Å². The highest BCUT2D eigenvalue weighted by Crippen LogP contribution is 2.27. The molecule has 3 heteroatoms. The lowest BCUT2D eigenvalue weighted by atomic mass is 9.93. The van der Waals surface area contributed by atoms with Crippen molar-refractivity contribution in [2.45, 2.75) is 38.6 Å². The Labute approximate surface area is 117 Å². The van der Waals surface area contributed by atoms with Crippen molar-refractivity contribution in [2.24, 2.45) is 5.73 Å². The average molecular weight is 264 g/mol. The SMILES string of the molecule is CCCCN(c1ccccc1)C(CC)(CN)COC. The lowest BCUT2D eigenvalue weighted by molar-refractivity contribution is 0.127. The molecule has 0 aliphatic rings. The number of hydrogen-bond acceptors (Lipinski definition) is 3. The maximum Gasteiger partial charge on any atom is 0.0753 e. The van der Waals surface area contributed by atoms with Crippen LogP contribution in [0.5, 0.6) is 0 Å². The van der Waals surface area contributed by atoms with Crippen molar-refractivity contribution in [3.63, 3.8) is 0 Å². The number of unbranched alkanes of at least 4 members (excludes halogenated alkanes) is 1. The third-order valence-electron chi connectivity index (χ3n) is 3.83. The second kappa shape index (κ2) is 8.18. The molecule has 1 atom stereocenters. The quantitative estimate of drug-likeness (QED) is 0.745. The van der Waals surface area contributed by atoms with Crippen molar-refractivity contribution < 1.29 is 4.74 Å².